The van der Waals surface area contributed by atoms with Gasteiger partial charge in [0.05, 0.1) is 5.69 Å². The average Bonchev–Trinajstić information content (AvgIpc) is 3.44. The monoisotopic (exact) mass is 447 g/mol. The van der Waals surface area contributed by atoms with Crippen LogP contribution in [0.25, 0.3) is 0 Å². The first kappa shape index (κ1) is 20.8. The number of hydrogen-bond acceptors (Lipinski definition) is 8. The Morgan fingerprint density at radius 1 is 1.15 bits per heavy atom. The topological polar surface area (TPSA) is 127 Å². The number of hydrogen-bond donors (Lipinski definition) is 3. The predicted molar refractivity (Wildman–Crippen MR) is 125 cm³/mol. The molecule has 0 unspecified atom stereocenters. The molecule has 1 aromatic heterocycles. The number of fused-ring (bicyclic) bond motifs is 1. The summed E-state index contributed by atoms with van der Waals surface area (Å²) in [5, 5.41) is 10.1. The van der Waals surface area contributed by atoms with Gasteiger partial charge >= 0.3 is 0 Å². The first-order valence-electron chi connectivity index (χ1n) is 10.8. The van der Waals surface area contributed by atoms with Crippen LogP contribution < -0.4 is 26.0 Å². The highest BCUT2D eigenvalue weighted by Crippen LogP contribution is 2.34. The Hall–Kier alpha value is -4.08. The summed E-state index contributed by atoms with van der Waals surface area (Å²) in [6.45, 7) is 5.51. The van der Waals surface area contributed by atoms with Crippen molar-refractivity contribution in [1.29, 1.82) is 0 Å². The summed E-state index contributed by atoms with van der Waals surface area (Å²) in [6.07, 6.45) is 2.44. The van der Waals surface area contributed by atoms with Crippen molar-refractivity contribution in [2.24, 2.45) is 0 Å². The van der Waals surface area contributed by atoms with Crippen LogP contribution in [0.5, 0.6) is 5.75 Å². The molecule has 3 heterocycles. The Bertz CT molecular complexity index is 1230. The van der Waals surface area contributed by atoms with Gasteiger partial charge in [0, 0.05) is 30.0 Å². The molecule has 1 fully saturated rings. The van der Waals surface area contributed by atoms with Gasteiger partial charge in [0.15, 0.2) is 5.60 Å². The Morgan fingerprint density at radius 3 is 2.61 bits per heavy atom. The van der Waals surface area contributed by atoms with Crippen molar-refractivity contribution < 1.29 is 14.3 Å². The molecule has 1 amide bonds. The van der Waals surface area contributed by atoms with Gasteiger partial charge in [0.2, 0.25) is 11.9 Å². The molecule has 0 saturated carbocycles. The second-order valence-electron chi connectivity index (χ2n) is 8.65. The third kappa shape index (κ3) is 3.95. The Balaban J connectivity index is 1.33. The summed E-state index contributed by atoms with van der Waals surface area (Å²) in [7, 11) is 0. The molecule has 5 rings (SSSR count). The predicted octanol–water partition coefficient (Wildman–Crippen LogP) is 3.00. The lowest BCUT2D eigenvalue weighted by molar-refractivity contribution is -0.129. The highest BCUT2D eigenvalue weighted by molar-refractivity contribution is 6.03. The van der Waals surface area contributed by atoms with E-state index in [-0.39, 0.29) is 23.4 Å². The molecule has 4 N–H and O–H groups in total. The minimum absolute atomic E-state index is 0.0460. The lowest BCUT2D eigenvalue weighted by Crippen LogP contribution is -2.45. The number of anilines is 5. The van der Waals surface area contributed by atoms with Gasteiger partial charge < -0.3 is 26.0 Å². The number of carbonyl (C=O) groups is 2. The van der Waals surface area contributed by atoms with Crippen molar-refractivity contribution >= 4 is 40.8 Å². The van der Waals surface area contributed by atoms with E-state index in [0.29, 0.717) is 11.4 Å². The van der Waals surface area contributed by atoms with E-state index < -0.39 is 11.5 Å². The molecule has 2 aliphatic rings. The fraction of sp³-hybridized carbons (Fsp3) is 0.304. The lowest BCUT2D eigenvalue weighted by Gasteiger charge is -2.31. The van der Waals surface area contributed by atoms with E-state index in [0.717, 1.165) is 23.5 Å². The normalized spacial score (nSPS) is 16.7. The van der Waals surface area contributed by atoms with Crippen molar-refractivity contribution in [2.75, 3.05) is 34.4 Å². The fourth-order valence-corrected chi connectivity index (χ4v) is 3.95. The second kappa shape index (κ2) is 7.80. The molecule has 170 valence electrons. The van der Waals surface area contributed by atoms with Crippen LogP contribution in [0.2, 0.25) is 0 Å². The summed E-state index contributed by atoms with van der Waals surface area (Å²) in [4.78, 5) is 31.7. The third-order valence-corrected chi connectivity index (χ3v) is 5.81. The molecule has 10 nitrogen and oxygen atoms in total. The van der Waals surface area contributed by atoms with Crippen LogP contribution >= 0.6 is 0 Å². The van der Waals surface area contributed by atoms with E-state index in [1.165, 1.54) is 24.6 Å². The highest BCUT2D eigenvalue weighted by Gasteiger charge is 2.35. The molecule has 0 spiro atoms. The largest absolute Gasteiger partial charge is 0.476 e. The van der Waals surface area contributed by atoms with Crippen LogP contribution in [0.15, 0.2) is 42.5 Å². The van der Waals surface area contributed by atoms with Crippen LogP contribution in [-0.2, 0) is 4.79 Å². The number of nitrogens with one attached hydrogen (secondary N) is 2. The molecular weight excluding hydrogens is 422 g/mol. The van der Waals surface area contributed by atoms with E-state index in [4.69, 9.17) is 10.5 Å². The first-order valence-corrected chi connectivity index (χ1v) is 10.8. The molecule has 0 aliphatic carbocycles. The fourth-order valence-electron chi connectivity index (χ4n) is 3.95. The van der Waals surface area contributed by atoms with E-state index in [2.05, 4.69) is 25.6 Å². The third-order valence-electron chi connectivity index (χ3n) is 5.81. The van der Waals surface area contributed by atoms with Crippen LogP contribution in [0, 0.1) is 0 Å². The maximum absolute atomic E-state index is 13.0. The zero-order chi connectivity index (χ0) is 23.2. The molecule has 33 heavy (non-hydrogen) atoms. The zero-order valence-electron chi connectivity index (χ0n) is 18.5. The summed E-state index contributed by atoms with van der Waals surface area (Å²) >= 11 is 0. The quantitative estimate of drug-likeness (QED) is 0.557. The SMILES string of the molecule is CC1(C)Oc2ccc(C(=O)n3nc(Nc4ccc(N5CCCC5)cc4)nc3N)cc2NC1=O. The summed E-state index contributed by atoms with van der Waals surface area (Å²) in [5.74, 6) is -0.106. The van der Waals surface area contributed by atoms with Crippen molar-refractivity contribution in [3.05, 3.63) is 48.0 Å². The number of nitrogens with zero attached hydrogens (tertiary/aromatic N) is 4. The first-order chi connectivity index (χ1) is 15.8. The maximum atomic E-state index is 13.0. The van der Waals surface area contributed by atoms with Crippen molar-refractivity contribution in [1.82, 2.24) is 14.8 Å². The van der Waals surface area contributed by atoms with Crippen molar-refractivity contribution in [2.45, 2.75) is 32.3 Å². The standard InChI is InChI=1S/C23H25N7O3/c1-23(2)20(32)26-17-13-14(5-10-18(17)33-23)19(31)30-21(24)27-22(28-30)25-15-6-8-16(9-7-15)29-11-3-4-12-29/h5-10,13H,3-4,11-12H2,1-2H3,(H,26,32)(H3,24,25,27,28). The van der Waals surface area contributed by atoms with Gasteiger partial charge in [-0.05, 0) is 69.2 Å². The zero-order valence-corrected chi connectivity index (χ0v) is 18.5. The number of amides is 1. The molecule has 1 saturated heterocycles. The molecular formula is C23H25N7O3. The Labute approximate surface area is 190 Å². The van der Waals surface area contributed by atoms with E-state index in [1.54, 1.807) is 26.0 Å². The van der Waals surface area contributed by atoms with E-state index in [1.807, 2.05) is 24.3 Å². The molecule has 0 bridgehead atoms. The number of nitrogens with two attached hydrogens (primary N) is 1. The molecule has 10 heteroatoms. The smallest absolute Gasteiger partial charge is 0.281 e. The number of benzene rings is 2. The molecule has 0 atom stereocenters. The van der Waals surface area contributed by atoms with Gasteiger partial charge in [-0.3, -0.25) is 9.59 Å². The lowest BCUT2D eigenvalue weighted by atomic mass is 10.0. The van der Waals surface area contributed by atoms with Crippen molar-refractivity contribution in [3.8, 4) is 5.75 Å². The minimum Gasteiger partial charge on any atom is -0.476 e. The molecule has 2 aliphatic heterocycles. The summed E-state index contributed by atoms with van der Waals surface area (Å²) < 4.78 is 6.74. The van der Waals surface area contributed by atoms with Crippen molar-refractivity contribution in [3.63, 3.8) is 0 Å². The van der Waals surface area contributed by atoms with Gasteiger partial charge in [-0.2, -0.15) is 9.67 Å². The van der Waals surface area contributed by atoms with Crippen LogP contribution in [0.1, 0.15) is 37.0 Å². The Kier molecular flexibility index (Phi) is 4.92. The van der Waals surface area contributed by atoms with Crippen LogP contribution in [-0.4, -0.2) is 45.3 Å². The van der Waals surface area contributed by atoms with Crippen LogP contribution in [0.3, 0.4) is 0 Å². The van der Waals surface area contributed by atoms with Gasteiger partial charge in [0.25, 0.3) is 11.8 Å². The number of ether oxygens (including phenoxy) is 1. The Morgan fingerprint density at radius 2 is 1.88 bits per heavy atom. The van der Waals surface area contributed by atoms with Gasteiger partial charge in [-0.15, -0.1) is 5.10 Å². The minimum atomic E-state index is -0.984. The average molecular weight is 447 g/mol. The van der Waals surface area contributed by atoms with Gasteiger partial charge in [-0.1, -0.05) is 0 Å². The summed E-state index contributed by atoms with van der Waals surface area (Å²) in [6, 6.07) is 12.8. The number of carbonyl (C=O) groups excluding carboxylic acids is 2. The van der Waals surface area contributed by atoms with Gasteiger partial charge in [0.1, 0.15) is 5.75 Å². The highest BCUT2D eigenvalue weighted by atomic mass is 16.5. The number of aromatic nitrogens is 3. The van der Waals surface area contributed by atoms with Crippen LogP contribution in [0.4, 0.5) is 29.0 Å². The number of nitrogen functional groups attached to an aromatic ring is 1. The van der Waals surface area contributed by atoms with E-state index in [9.17, 15) is 9.59 Å². The molecule has 3 aromatic rings. The molecule has 2 aromatic carbocycles. The molecule has 0 radical (unpaired) electrons. The maximum Gasteiger partial charge on any atom is 0.281 e. The summed E-state index contributed by atoms with van der Waals surface area (Å²) in [5.41, 5.74) is 7.65. The number of rotatable bonds is 4. The van der Waals surface area contributed by atoms with E-state index >= 15 is 0 Å². The second-order valence-corrected chi connectivity index (χ2v) is 8.65. The van der Waals surface area contributed by atoms with Gasteiger partial charge in [-0.25, -0.2) is 0 Å².